The van der Waals surface area contributed by atoms with Crippen LogP contribution in [0.4, 0.5) is 17.1 Å². The molecule has 0 saturated heterocycles. The minimum atomic E-state index is -3.65. The molecule has 43 heavy (non-hydrogen) atoms. The molecule has 0 atom stereocenters. The van der Waals surface area contributed by atoms with Crippen LogP contribution in [0.5, 0.6) is 0 Å². The predicted molar refractivity (Wildman–Crippen MR) is 175 cm³/mol. The third kappa shape index (κ3) is 8.80. The number of hydrogen-bond donors (Lipinski definition) is 4. The van der Waals surface area contributed by atoms with E-state index < -0.39 is 20.4 Å². The number of carbonyl (C=O) groups excluding carboxylic acids is 1. The first-order valence-corrected chi connectivity index (χ1v) is 20.3. The quantitative estimate of drug-likeness (QED) is 0.0613. The van der Waals surface area contributed by atoms with E-state index in [1.807, 2.05) is 73.8 Å². The Bertz CT molecular complexity index is 1770. The zero-order valence-corrected chi connectivity index (χ0v) is 29.6. The van der Waals surface area contributed by atoms with E-state index >= 15 is 0 Å². The number of nitrogens with one attached hydrogen (secondary N) is 4. The van der Waals surface area contributed by atoms with Crippen molar-refractivity contribution in [2.75, 3.05) is 34.5 Å². The fourth-order valence-electron chi connectivity index (χ4n) is 4.27. The van der Waals surface area contributed by atoms with Crippen molar-refractivity contribution < 1.29 is 26.2 Å². The molecule has 2 heterocycles. The van der Waals surface area contributed by atoms with Crippen LogP contribution in [0.2, 0.25) is 0 Å². The summed E-state index contributed by atoms with van der Waals surface area (Å²) in [7, 11) is -3.43. The van der Waals surface area contributed by atoms with Gasteiger partial charge in [-0.3, -0.25) is 0 Å². The molecule has 11 nitrogen and oxygen atoms in total. The molecule has 1 aromatic heterocycles. The molecule has 232 valence electrons. The van der Waals surface area contributed by atoms with Gasteiger partial charge in [0.2, 0.25) is 0 Å². The van der Waals surface area contributed by atoms with Crippen LogP contribution in [-0.2, 0) is 32.3 Å². The molecular formula is C28H37N6O5S2Se2+. The molecule has 0 radical (unpaired) electrons. The number of aldehydes is 1. The van der Waals surface area contributed by atoms with Crippen LogP contribution in [0, 0.1) is 0 Å². The standard InChI is InChI=1S/C28H36N6O5S2Se2/c1-5-7-13-29-40(36,37)31-21-9-11-23-25(17-21)42-27(33(23)3)15-20(19-35)16-28-34(4)24-12-10-22(18-26(24)43-28)32-41(38,39)30-14-8-6-2/h9-12,15-19,29-30H,5-8,13-14H2,1-4H3,(H-,31,32,35)/p+1. The molecule has 0 saturated carbocycles. The zero-order chi connectivity index (χ0) is 31.2. The first-order valence-electron chi connectivity index (χ1n) is 13.9. The molecule has 0 bridgehead atoms. The van der Waals surface area contributed by atoms with Crippen LogP contribution in [0.15, 0.2) is 52.6 Å². The summed E-state index contributed by atoms with van der Waals surface area (Å²) in [6, 6.07) is 10.9. The molecule has 0 unspecified atom stereocenters. The van der Waals surface area contributed by atoms with Crippen molar-refractivity contribution in [1.82, 2.24) is 9.44 Å². The molecule has 0 aliphatic carbocycles. The second-order valence-corrected chi connectivity index (χ2v) is 17.4. The van der Waals surface area contributed by atoms with Gasteiger partial charge in [0.15, 0.2) is 0 Å². The average molecular weight is 760 g/mol. The Kier molecular flexibility index (Phi) is 11.3. The van der Waals surface area contributed by atoms with Crippen molar-refractivity contribution in [3.8, 4) is 0 Å². The fraction of sp³-hybridized carbons (Fsp3) is 0.357. The van der Waals surface area contributed by atoms with Gasteiger partial charge in [-0.05, 0) is 0 Å². The van der Waals surface area contributed by atoms with E-state index in [-0.39, 0.29) is 29.5 Å². The summed E-state index contributed by atoms with van der Waals surface area (Å²) in [5.41, 5.74) is 3.45. The topological polar surface area (TPSA) is 141 Å². The fourth-order valence-corrected chi connectivity index (χ4v) is 10.9. The number of nitrogens with zero attached hydrogens (tertiary/aromatic N) is 2. The molecule has 0 fully saturated rings. The van der Waals surface area contributed by atoms with E-state index in [1.54, 1.807) is 12.1 Å². The number of carbonyl (C=O) groups is 1. The molecule has 1 aliphatic rings. The number of hydrogen-bond acceptors (Lipinski definition) is 6. The summed E-state index contributed by atoms with van der Waals surface area (Å²) in [5, 5.41) is 0. The second kappa shape index (κ2) is 14.5. The number of benzene rings is 2. The van der Waals surface area contributed by atoms with Crippen molar-refractivity contribution in [2.24, 2.45) is 7.05 Å². The average Bonchev–Trinajstić information content (AvgIpc) is 3.42. The molecule has 4 rings (SSSR count). The van der Waals surface area contributed by atoms with Gasteiger partial charge in [-0.15, -0.1) is 0 Å². The SMILES string of the molecule is CCCCNS(=O)(=O)Nc1ccc2c(c1)[Se]C(=CC(C=O)=Cc1[se]c3cc(NS(=O)(=O)NCCCC)ccc3[n+]1C)N2C. The Labute approximate surface area is 266 Å². The molecular weight excluding hydrogens is 722 g/mol. The van der Waals surface area contributed by atoms with Gasteiger partial charge in [-0.25, -0.2) is 0 Å². The molecule has 0 spiro atoms. The Morgan fingerprint density at radius 3 is 2.14 bits per heavy atom. The van der Waals surface area contributed by atoms with Crippen LogP contribution in [0.1, 0.15) is 44.1 Å². The van der Waals surface area contributed by atoms with Gasteiger partial charge in [-0.2, -0.15) is 0 Å². The van der Waals surface area contributed by atoms with Gasteiger partial charge in [0, 0.05) is 0 Å². The number of aromatic nitrogens is 1. The maximum absolute atomic E-state index is 12.4. The van der Waals surface area contributed by atoms with Crippen LogP contribution in [-0.4, -0.2) is 72.7 Å². The Balaban J connectivity index is 1.53. The van der Waals surface area contributed by atoms with Crippen molar-refractivity contribution in [2.45, 2.75) is 39.5 Å². The second-order valence-electron chi connectivity index (χ2n) is 9.98. The van der Waals surface area contributed by atoms with Gasteiger partial charge >= 0.3 is 267 Å². The van der Waals surface area contributed by atoms with Gasteiger partial charge in [0.25, 0.3) is 0 Å². The van der Waals surface area contributed by atoms with E-state index in [2.05, 4.69) is 18.9 Å². The van der Waals surface area contributed by atoms with Crippen LogP contribution in [0.25, 0.3) is 15.9 Å². The van der Waals surface area contributed by atoms with Crippen molar-refractivity contribution in [3.05, 3.63) is 57.2 Å². The first kappa shape index (κ1) is 33.4. The van der Waals surface area contributed by atoms with E-state index in [9.17, 15) is 21.6 Å². The van der Waals surface area contributed by atoms with Gasteiger partial charge < -0.3 is 0 Å². The normalized spacial score (nSPS) is 14.8. The summed E-state index contributed by atoms with van der Waals surface area (Å²) in [6.45, 7) is 4.77. The number of aryl methyl sites for hydroxylation is 1. The van der Waals surface area contributed by atoms with Crippen molar-refractivity contribution >= 4 is 93.5 Å². The minimum absolute atomic E-state index is 0.138. The Hall–Kier alpha value is -2.48. The number of allylic oxidation sites excluding steroid dienone is 2. The summed E-state index contributed by atoms with van der Waals surface area (Å²) < 4.78 is 65.8. The molecule has 0 amide bonds. The summed E-state index contributed by atoms with van der Waals surface area (Å²) in [6.07, 6.45) is 7.92. The van der Waals surface area contributed by atoms with E-state index in [0.717, 1.165) is 61.1 Å². The monoisotopic (exact) mass is 761 g/mol. The zero-order valence-electron chi connectivity index (χ0n) is 24.5. The number of unbranched alkanes of at least 4 members (excludes halogenated alkanes) is 2. The first-order chi connectivity index (χ1) is 20.4. The number of fused-ring (bicyclic) bond motifs is 2. The number of anilines is 3. The summed E-state index contributed by atoms with van der Waals surface area (Å²) in [4.78, 5) is 14.2. The van der Waals surface area contributed by atoms with Crippen LogP contribution < -0.4 is 32.8 Å². The molecule has 1 aliphatic heterocycles. The Morgan fingerprint density at radius 1 is 0.930 bits per heavy atom. The number of rotatable bonds is 15. The van der Waals surface area contributed by atoms with Gasteiger partial charge in [0.05, 0.1) is 0 Å². The van der Waals surface area contributed by atoms with Crippen LogP contribution in [0.3, 0.4) is 0 Å². The molecule has 2 aromatic carbocycles. The molecule has 15 heteroatoms. The van der Waals surface area contributed by atoms with E-state index in [4.69, 9.17) is 0 Å². The van der Waals surface area contributed by atoms with Gasteiger partial charge in [-0.1, -0.05) is 0 Å². The third-order valence-electron chi connectivity index (χ3n) is 6.60. The van der Waals surface area contributed by atoms with Crippen LogP contribution >= 0.6 is 0 Å². The van der Waals surface area contributed by atoms with E-state index in [1.165, 1.54) is 0 Å². The summed E-state index contributed by atoms with van der Waals surface area (Å²) in [5.74, 6) is 0. The predicted octanol–water partition coefficient (Wildman–Crippen LogP) is 1.72. The Morgan fingerprint density at radius 2 is 1.53 bits per heavy atom. The van der Waals surface area contributed by atoms with Crippen molar-refractivity contribution in [3.63, 3.8) is 0 Å². The maximum atomic E-state index is 12.4. The van der Waals surface area contributed by atoms with Gasteiger partial charge in [0.1, 0.15) is 0 Å². The van der Waals surface area contributed by atoms with Crippen molar-refractivity contribution in [1.29, 1.82) is 0 Å². The van der Waals surface area contributed by atoms with E-state index in [0.29, 0.717) is 30.0 Å². The third-order valence-corrected chi connectivity index (χ3v) is 13.6. The summed E-state index contributed by atoms with van der Waals surface area (Å²) >= 11 is -0.276. The molecule has 4 N–H and O–H groups in total. The molecule has 3 aromatic rings.